The van der Waals surface area contributed by atoms with E-state index in [0.29, 0.717) is 11.1 Å². The third-order valence-corrected chi connectivity index (χ3v) is 9.50. The van der Waals surface area contributed by atoms with Crippen LogP contribution in [0, 0.1) is 0 Å². The van der Waals surface area contributed by atoms with Crippen molar-refractivity contribution in [2.45, 2.75) is 25.4 Å². The molecule has 0 aliphatic rings. The van der Waals surface area contributed by atoms with Crippen molar-refractivity contribution < 1.29 is 16.8 Å². The van der Waals surface area contributed by atoms with Crippen LogP contribution in [-0.4, -0.2) is 37.3 Å². The van der Waals surface area contributed by atoms with E-state index in [0.717, 1.165) is 19.6 Å². The molecular formula is C18H24N2O4S3. The summed E-state index contributed by atoms with van der Waals surface area (Å²) in [7, 11) is -7.35. The third-order valence-electron chi connectivity index (χ3n) is 3.70. The summed E-state index contributed by atoms with van der Waals surface area (Å²) in [6.45, 7) is 3.70. The van der Waals surface area contributed by atoms with Crippen LogP contribution < -0.4 is 0 Å². The first-order chi connectivity index (χ1) is 12.8. The summed E-state index contributed by atoms with van der Waals surface area (Å²) in [5.41, 5.74) is 1.32. The molecule has 0 atom stereocenters. The SMILES string of the molecule is CCN(SN(CC)S(=O)(=O)Cc1ccccc1)S(=O)(=O)Cc1ccccc1. The van der Waals surface area contributed by atoms with Gasteiger partial charge in [0.1, 0.15) is 0 Å². The van der Waals surface area contributed by atoms with E-state index in [2.05, 4.69) is 0 Å². The van der Waals surface area contributed by atoms with Gasteiger partial charge in [0.25, 0.3) is 0 Å². The average Bonchev–Trinajstić information content (AvgIpc) is 2.63. The smallest absolute Gasteiger partial charge is 0.211 e. The van der Waals surface area contributed by atoms with Crippen LogP contribution in [0.1, 0.15) is 25.0 Å². The molecule has 0 aliphatic heterocycles. The van der Waals surface area contributed by atoms with E-state index in [9.17, 15) is 16.8 Å². The molecule has 0 radical (unpaired) electrons. The molecule has 27 heavy (non-hydrogen) atoms. The molecule has 2 aromatic carbocycles. The van der Waals surface area contributed by atoms with E-state index >= 15 is 0 Å². The second-order valence-corrected chi connectivity index (χ2v) is 11.1. The highest BCUT2D eigenvalue weighted by atomic mass is 32.3. The lowest BCUT2D eigenvalue weighted by molar-refractivity contribution is 0.529. The van der Waals surface area contributed by atoms with E-state index in [1.54, 1.807) is 62.4 Å². The summed E-state index contributed by atoms with van der Waals surface area (Å²) in [6.07, 6.45) is 0. The van der Waals surface area contributed by atoms with Crippen molar-refractivity contribution in [1.82, 2.24) is 7.42 Å². The fourth-order valence-electron chi connectivity index (χ4n) is 2.43. The molecule has 0 unspecified atom stereocenters. The number of rotatable bonds is 10. The Bertz CT molecular complexity index is 840. The van der Waals surface area contributed by atoms with Crippen LogP contribution in [-0.2, 0) is 31.6 Å². The lowest BCUT2D eigenvalue weighted by Gasteiger charge is -2.26. The van der Waals surface area contributed by atoms with Crippen LogP contribution in [0.2, 0.25) is 0 Å². The minimum atomic E-state index is -3.67. The molecule has 0 fully saturated rings. The second-order valence-electron chi connectivity index (χ2n) is 5.80. The lowest BCUT2D eigenvalue weighted by atomic mass is 10.2. The minimum Gasteiger partial charge on any atom is -0.211 e. The molecule has 0 saturated heterocycles. The molecule has 0 N–H and O–H groups in total. The van der Waals surface area contributed by atoms with Crippen molar-refractivity contribution in [3.8, 4) is 0 Å². The maximum absolute atomic E-state index is 12.8. The van der Waals surface area contributed by atoms with Crippen molar-refractivity contribution in [1.29, 1.82) is 0 Å². The van der Waals surface area contributed by atoms with Crippen molar-refractivity contribution >= 4 is 32.2 Å². The van der Waals surface area contributed by atoms with Gasteiger partial charge in [0.2, 0.25) is 20.0 Å². The Hall–Kier alpha value is -1.39. The quantitative estimate of drug-likeness (QED) is 0.543. The summed E-state index contributed by atoms with van der Waals surface area (Å²) >= 11 is 0.733. The molecule has 0 spiro atoms. The number of benzene rings is 2. The topological polar surface area (TPSA) is 74.8 Å². The molecular weight excluding hydrogens is 404 g/mol. The molecule has 2 aromatic rings. The Kier molecular flexibility index (Phi) is 7.87. The maximum Gasteiger partial charge on any atom is 0.228 e. The molecule has 9 heteroatoms. The molecule has 0 saturated carbocycles. The van der Waals surface area contributed by atoms with E-state index in [1.165, 1.54) is 0 Å². The first-order valence-corrected chi connectivity index (χ1v) is 12.5. The van der Waals surface area contributed by atoms with Crippen LogP contribution in [0.15, 0.2) is 60.7 Å². The molecule has 148 valence electrons. The normalized spacial score (nSPS) is 12.6. The van der Waals surface area contributed by atoms with Crippen LogP contribution in [0.4, 0.5) is 0 Å². The summed E-state index contributed by atoms with van der Waals surface area (Å²) in [6, 6.07) is 17.7. The highest BCUT2D eigenvalue weighted by molar-refractivity contribution is 8.12. The number of hydrogen-bond donors (Lipinski definition) is 0. The van der Waals surface area contributed by atoms with Gasteiger partial charge < -0.3 is 0 Å². The Morgan fingerprint density at radius 1 is 0.667 bits per heavy atom. The van der Waals surface area contributed by atoms with Crippen molar-refractivity contribution in [2.75, 3.05) is 13.1 Å². The van der Waals surface area contributed by atoms with E-state index < -0.39 is 20.0 Å². The number of nitrogens with zero attached hydrogens (tertiary/aromatic N) is 2. The standard InChI is InChI=1S/C18H24N2O4S3/c1-3-19(26(21,22)15-17-11-7-5-8-12-17)25-20(4-2)27(23,24)16-18-13-9-6-10-14-18/h5-14H,3-4,15-16H2,1-2H3. The minimum absolute atomic E-state index is 0.164. The van der Waals surface area contributed by atoms with Gasteiger partial charge in [-0.1, -0.05) is 74.5 Å². The fourth-order valence-corrected chi connectivity index (χ4v) is 6.90. The van der Waals surface area contributed by atoms with E-state index in [-0.39, 0.29) is 24.6 Å². The summed E-state index contributed by atoms with van der Waals surface area (Å²) in [5, 5.41) is 0. The number of hydrogen-bond acceptors (Lipinski definition) is 5. The Morgan fingerprint density at radius 3 is 1.30 bits per heavy atom. The molecule has 0 heterocycles. The lowest BCUT2D eigenvalue weighted by Crippen LogP contribution is -2.34. The summed E-state index contributed by atoms with van der Waals surface area (Å²) in [5.74, 6) is -0.351. The van der Waals surface area contributed by atoms with Crippen molar-refractivity contribution in [2.24, 2.45) is 0 Å². The Morgan fingerprint density at radius 2 is 1.00 bits per heavy atom. The zero-order valence-corrected chi connectivity index (χ0v) is 17.8. The second kappa shape index (κ2) is 9.70. The largest absolute Gasteiger partial charge is 0.228 e. The monoisotopic (exact) mass is 428 g/mol. The van der Waals surface area contributed by atoms with Crippen LogP contribution >= 0.6 is 12.1 Å². The fraction of sp³-hybridized carbons (Fsp3) is 0.333. The Balaban J connectivity index is 2.16. The van der Waals surface area contributed by atoms with Gasteiger partial charge >= 0.3 is 0 Å². The molecule has 6 nitrogen and oxygen atoms in total. The summed E-state index contributed by atoms with van der Waals surface area (Å²) < 4.78 is 53.3. The molecule has 2 rings (SSSR count). The van der Waals surface area contributed by atoms with Gasteiger partial charge in [0.15, 0.2) is 0 Å². The Labute approximate surface area is 166 Å². The van der Waals surface area contributed by atoms with E-state index in [1.807, 2.05) is 12.1 Å². The summed E-state index contributed by atoms with van der Waals surface area (Å²) in [4.78, 5) is 0. The predicted octanol–water partition coefficient (Wildman–Crippen LogP) is 3.25. The maximum atomic E-state index is 12.8. The molecule has 0 aromatic heterocycles. The van der Waals surface area contributed by atoms with Crippen LogP contribution in [0.25, 0.3) is 0 Å². The van der Waals surface area contributed by atoms with E-state index in [4.69, 9.17) is 0 Å². The van der Waals surface area contributed by atoms with Gasteiger partial charge in [-0.05, 0) is 11.1 Å². The van der Waals surface area contributed by atoms with Gasteiger partial charge in [-0.25, -0.2) is 16.8 Å². The van der Waals surface area contributed by atoms with Gasteiger partial charge in [-0.3, -0.25) is 0 Å². The molecule has 0 amide bonds. The van der Waals surface area contributed by atoms with Gasteiger partial charge in [-0.15, -0.1) is 7.42 Å². The first-order valence-electron chi connectivity index (χ1n) is 8.55. The predicted molar refractivity (Wildman–Crippen MR) is 110 cm³/mol. The van der Waals surface area contributed by atoms with Gasteiger partial charge in [0, 0.05) is 25.2 Å². The average molecular weight is 429 g/mol. The van der Waals surface area contributed by atoms with Crippen LogP contribution in [0.3, 0.4) is 0 Å². The highest BCUT2D eigenvalue weighted by Gasteiger charge is 2.30. The molecule has 0 bridgehead atoms. The first kappa shape index (κ1) is 21.9. The van der Waals surface area contributed by atoms with Gasteiger partial charge in [-0.2, -0.15) is 0 Å². The van der Waals surface area contributed by atoms with Crippen LogP contribution in [0.5, 0.6) is 0 Å². The highest BCUT2D eigenvalue weighted by Crippen LogP contribution is 2.27. The molecule has 0 aliphatic carbocycles. The zero-order chi connectivity index (χ0) is 19.9. The van der Waals surface area contributed by atoms with Crippen molar-refractivity contribution in [3.63, 3.8) is 0 Å². The number of sulfonamides is 2. The zero-order valence-electron chi connectivity index (χ0n) is 15.4. The third kappa shape index (κ3) is 6.32. The van der Waals surface area contributed by atoms with Gasteiger partial charge in [0.05, 0.1) is 11.5 Å². The van der Waals surface area contributed by atoms with Crippen molar-refractivity contribution in [3.05, 3.63) is 71.8 Å².